The Balaban J connectivity index is 2.33. The van der Waals surface area contributed by atoms with E-state index >= 15 is 0 Å². The van der Waals surface area contributed by atoms with Crippen LogP contribution < -0.4 is 5.32 Å². The molecule has 0 unspecified atom stereocenters. The van der Waals surface area contributed by atoms with Crippen LogP contribution in [0.3, 0.4) is 0 Å². The highest BCUT2D eigenvalue weighted by molar-refractivity contribution is 7.89. The van der Waals surface area contributed by atoms with Crippen molar-refractivity contribution in [1.82, 2.24) is 4.31 Å². The maximum absolute atomic E-state index is 13.2. The molecule has 0 saturated heterocycles. The van der Waals surface area contributed by atoms with Gasteiger partial charge in [-0.3, -0.25) is 0 Å². The van der Waals surface area contributed by atoms with Crippen LogP contribution in [0.15, 0.2) is 41.3 Å². The minimum absolute atomic E-state index is 0.243. The number of hydrogen-bond acceptors (Lipinski definition) is 3. The molecule has 2 aromatic carbocycles. The number of rotatable bonds is 5. The summed E-state index contributed by atoms with van der Waals surface area (Å²) in [4.78, 5) is 0.243. The molecule has 0 radical (unpaired) electrons. The molecule has 0 aliphatic rings. The number of hydrogen-bond donors (Lipinski definition) is 1. The van der Waals surface area contributed by atoms with Crippen molar-refractivity contribution in [2.75, 3.05) is 19.4 Å². The third kappa shape index (κ3) is 3.89. The van der Waals surface area contributed by atoms with Gasteiger partial charge in [0.1, 0.15) is 5.82 Å². The van der Waals surface area contributed by atoms with E-state index in [2.05, 4.69) is 5.32 Å². The Hall–Kier alpha value is -1.92. The molecule has 1 N–H and O–H groups in total. The molecule has 2 aromatic rings. The quantitative estimate of drug-likeness (QED) is 0.911. The van der Waals surface area contributed by atoms with Gasteiger partial charge in [-0.05, 0) is 54.8 Å². The van der Waals surface area contributed by atoms with E-state index in [0.717, 1.165) is 22.4 Å². The van der Waals surface area contributed by atoms with Crippen molar-refractivity contribution in [3.8, 4) is 0 Å². The number of sulfonamides is 1. The highest BCUT2D eigenvalue weighted by atomic mass is 32.2. The van der Waals surface area contributed by atoms with E-state index in [-0.39, 0.29) is 10.7 Å². The smallest absolute Gasteiger partial charge is 0.242 e. The van der Waals surface area contributed by atoms with Gasteiger partial charge in [0, 0.05) is 26.3 Å². The summed E-state index contributed by atoms with van der Waals surface area (Å²) in [5.74, 6) is -0.291. The van der Waals surface area contributed by atoms with Crippen molar-refractivity contribution in [3.05, 3.63) is 58.9 Å². The Morgan fingerprint density at radius 2 is 1.83 bits per heavy atom. The number of halogens is 1. The highest BCUT2D eigenvalue weighted by Gasteiger charge is 2.19. The highest BCUT2D eigenvalue weighted by Crippen LogP contribution is 2.26. The summed E-state index contributed by atoms with van der Waals surface area (Å²) in [6.45, 7) is 4.22. The molecule has 0 aliphatic carbocycles. The Bertz CT molecular complexity index is 817. The zero-order valence-corrected chi connectivity index (χ0v) is 14.5. The van der Waals surface area contributed by atoms with E-state index in [0.29, 0.717) is 6.54 Å². The average Bonchev–Trinajstić information content (AvgIpc) is 2.48. The molecule has 0 bridgehead atoms. The average molecular weight is 336 g/mol. The summed E-state index contributed by atoms with van der Waals surface area (Å²) < 4.78 is 39.1. The Kier molecular flexibility index (Phi) is 5.06. The zero-order chi connectivity index (χ0) is 17.2. The molecule has 6 heteroatoms. The predicted molar refractivity (Wildman–Crippen MR) is 90.5 cm³/mol. The van der Waals surface area contributed by atoms with Gasteiger partial charge in [0.15, 0.2) is 0 Å². The summed E-state index contributed by atoms with van der Waals surface area (Å²) in [5.41, 5.74) is 3.38. The van der Waals surface area contributed by atoms with Crippen molar-refractivity contribution >= 4 is 15.7 Å². The number of nitrogens with zero attached hydrogens (tertiary/aromatic N) is 1. The van der Waals surface area contributed by atoms with Gasteiger partial charge in [-0.1, -0.05) is 12.1 Å². The molecule has 0 spiro atoms. The molecule has 0 heterocycles. The van der Waals surface area contributed by atoms with Crippen LogP contribution in [0.2, 0.25) is 0 Å². The Morgan fingerprint density at radius 1 is 1.13 bits per heavy atom. The van der Waals surface area contributed by atoms with Crippen molar-refractivity contribution in [3.63, 3.8) is 0 Å². The van der Waals surface area contributed by atoms with Crippen LogP contribution >= 0.6 is 0 Å². The van der Waals surface area contributed by atoms with Crippen LogP contribution in [-0.4, -0.2) is 26.8 Å². The normalized spacial score (nSPS) is 11.7. The van der Waals surface area contributed by atoms with Crippen molar-refractivity contribution in [1.29, 1.82) is 0 Å². The zero-order valence-electron chi connectivity index (χ0n) is 13.7. The van der Waals surface area contributed by atoms with Gasteiger partial charge in [0.05, 0.1) is 4.90 Å². The van der Waals surface area contributed by atoms with Crippen molar-refractivity contribution in [2.24, 2.45) is 0 Å². The molecule has 0 amide bonds. The fourth-order valence-corrected chi connectivity index (χ4v) is 3.23. The summed E-state index contributed by atoms with van der Waals surface area (Å²) in [5, 5.41) is 3.20. The molecule has 0 aliphatic heterocycles. The fraction of sp³-hybridized carbons (Fsp3) is 0.294. The van der Waals surface area contributed by atoms with E-state index in [1.165, 1.54) is 30.5 Å². The van der Waals surface area contributed by atoms with Crippen LogP contribution in [0.1, 0.15) is 16.7 Å². The van der Waals surface area contributed by atoms with E-state index < -0.39 is 10.0 Å². The Morgan fingerprint density at radius 3 is 2.43 bits per heavy atom. The molecule has 2 rings (SSSR count). The lowest BCUT2D eigenvalue weighted by molar-refractivity contribution is 0.520. The Labute approximate surface area is 137 Å². The van der Waals surface area contributed by atoms with Gasteiger partial charge in [-0.15, -0.1) is 0 Å². The molecule has 4 nitrogen and oxygen atoms in total. The molecule has 0 saturated carbocycles. The van der Waals surface area contributed by atoms with Crippen LogP contribution in [0.25, 0.3) is 0 Å². The van der Waals surface area contributed by atoms with E-state index in [9.17, 15) is 12.8 Å². The van der Waals surface area contributed by atoms with Crippen molar-refractivity contribution < 1.29 is 12.8 Å². The third-order valence-corrected chi connectivity index (χ3v) is 5.58. The third-order valence-electron chi connectivity index (χ3n) is 3.79. The minimum atomic E-state index is -3.49. The van der Waals surface area contributed by atoms with E-state index in [1.54, 1.807) is 18.2 Å². The van der Waals surface area contributed by atoms with Gasteiger partial charge < -0.3 is 5.32 Å². The molecule has 0 aromatic heterocycles. The molecular formula is C17H21FN2O2S. The summed E-state index contributed by atoms with van der Waals surface area (Å²) in [7, 11) is -0.486. The van der Waals surface area contributed by atoms with Crippen LogP contribution in [0, 0.1) is 19.7 Å². The first-order valence-electron chi connectivity index (χ1n) is 7.24. The second-order valence-electron chi connectivity index (χ2n) is 5.68. The SMILES string of the molecule is Cc1cc(S(=O)(=O)N(C)C)cc(NCc2cccc(F)c2)c1C. The fourth-order valence-electron chi connectivity index (χ4n) is 2.21. The van der Waals surface area contributed by atoms with E-state index in [1.807, 2.05) is 19.9 Å². The summed E-state index contributed by atoms with van der Waals surface area (Å²) in [6.07, 6.45) is 0. The first kappa shape index (κ1) is 17.4. The lowest BCUT2D eigenvalue weighted by atomic mass is 10.1. The molecule has 23 heavy (non-hydrogen) atoms. The second-order valence-corrected chi connectivity index (χ2v) is 7.84. The maximum Gasteiger partial charge on any atom is 0.242 e. The topological polar surface area (TPSA) is 49.4 Å². The van der Waals surface area contributed by atoms with Crippen LogP contribution in [0.5, 0.6) is 0 Å². The second kappa shape index (κ2) is 6.68. The monoisotopic (exact) mass is 336 g/mol. The van der Waals surface area contributed by atoms with Crippen LogP contribution in [0.4, 0.5) is 10.1 Å². The molecule has 124 valence electrons. The van der Waals surface area contributed by atoms with Gasteiger partial charge in [0.2, 0.25) is 10.0 Å². The summed E-state index contributed by atoms with van der Waals surface area (Å²) in [6, 6.07) is 9.60. The lowest BCUT2D eigenvalue weighted by Gasteiger charge is -2.17. The number of anilines is 1. The molecular weight excluding hydrogens is 315 g/mol. The predicted octanol–water partition coefficient (Wildman–Crippen LogP) is 3.30. The maximum atomic E-state index is 13.2. The van der Waals surface area contributed by atoms with Gasteiger partial charge in [-0.2, -0.15) is 0 Å². The number of aryl methyl sites for hydroxylation is 1. The van der Waals surface area contributed by atoms with Gasteiger partial charge >= 0.3 is 0 Å². The lowest BCUT2D eigenvalue weighted by Crippen LogP contribution is -2.22. The van der Waals surface area contributed by atoms with Gasteiger partial charge in [-0.25, -0.2) is 17.1 Å². The first-order valence-corrected chi connectivity index (χ1v) is 8.68. The number of nitrogens with one attached hydrogen (secondary N) is 1. The van der Waals surface area contributed by atoms with E-state index in [4.69, 9.17) is 0 Å². The van der Waals surface area contributed by atoms with Gasteiger partial charge in [0.25, 0.3) is 0 Å². The molecule has 0 fully saturated rings. The first-order chi connectivity index (χ1) is 10.7. The summed E-state index contributed by atoms with van der Waals surface area (Å²) >= 11 is 0. The number of benzene rings is 2. The standard InChI is InChI=1S/C17H21FN2O2S/c1-12-8-16(23(21,22)20(3)4)10-17(13(12)2)19-11-14-6-5-7-15(18)9-14/h5-10,19H,11H2,1-4H3. The molecule has 0 atom stereocenters. The largest absolute Gasteiger partial charge is 0.381 e. The van der Waals surface area contributed by atoms with Crippen LogP contribution in [-0.2, 0) is 16.6 Å². The van der Waals surface area contributed by atoms with Crippen molar-refractivity contribution in [2.45, 2.75) is 25.3 Å². The minimum Gasteiger partial charge on any atom is -0.381 e.